The zero-order chi connectivity index (χ0) is 14.8. The third-order valence-corrected chi connectivity index (χ3v) is 3.01. The van der Waals surface area contributed by atoms with Crippen LogP contribution in [0, 0.1) is 0 Å². The molecule has 0 aromatic carbocycles. The molecule has 1 fully saturated rings. The van der Waals surface area contributed by atoms with Crippen molar-refractivity contribution >= 4 is 11.9 Å². The SMILES string of the molecule is COC(=O)N1CC[C@@H](Nc2cccc(C(F)(F)F)n2)C1. The predicted octanol–water partition coefficient (Wildman–Crippen LogP) is 2.35. The number of amides is 1. The average Bonchev–Trinajstić information content (AvgIpc) is 2.85. The Kier molecular flexibility index (Phi) is 4.01. The number of hydrogen-bond donors (Lipinski definition) is 1. The third-order valence-electron chi connectivity index (χ3n) is 3.01. The fourth-order valence-corrected chi connectivity index (χ4v) is 2.06. The highest BCUT2D eigenvalue weighted by Crippen LogP contribution is 2.28. The van der Waals surface area contributed by atoms with Gasteiger partial charge in [0.2, 0.25) is 0 Å². The summed E-state index contributed by atoms with van der Waals surface area (Å²) in [7, 11) is 1.29. The van der Waals surface area contributed by atoms with Crippen molar-refractivity contribution < 1.29 is 22.7 Å². The molecule has 1 amide bonds. The number of likely N-dealkylation sites (tertiary alicyclic amines) is 1. The van der Waals surface area contributed by atoms with Gasteiger partial charge in [0.25, 0.3) is 0 Å². The van der Waals surface area contributed by atoms with Gasteiger partial charge in [0.1, 0.15) is 11.5 Å². The van der Waals surface area contributed by atoms with E-state index < -0.39 is 18.0 Å². The molecule has 0 bridgehead atoms. The van der Waals surface area contributed by atoms with E-state index in [1.165, 1.54) is 24.1 Å². The van der Waals surface area contributed by atoms with Gasteiger partial charge in [0.05, 0.1) is 7.11 Å². The number of halogens is 3. The maximum atomic E-state index is 12.5. The van der Waals surface area contributed by atoms with Crippen molar-refractivity contribution in [2.45, 2.75) is 18.6 Å². The number of anilines is 1. The van der Waals surface area contributed by atoms with E-state index in [2.05, 4.69) is 15.0 Å². The van der Waals surface area contributed by atoms with Crippen LogP contribution >= 0.6 is 0 Å². The lowest BCUT2D eigenvalue weighted by Gasteiger charge is -2.16. The summed E-state index contributed by atoms with van der Waals surface area (Å²) >= 11 is 0. The number of nitrogens with zero attached hydrogens (tertiary/aromatic N) is 2. The van der Waals surface area contributed by atoms with Crippen LogP contribution in [-0.2, 0) is 10.9 Å². The van der Waals surface area contributed by atoms with Crippen LogP contribution in [-0.4, -0.2) is 42.2 Å². The maximum Gasteiger partial charge on any atom is 0.433 e. The number of methoxy groups -OCH3 is 1. The van der Waals surface area contributed by atoms with Crippen molar-refractivity contribution in [3.8, 4) is 0 Å². The number of pyridine rings is 1. The van der Waals surface area contributed by atoms with Gasteiger partial charge in [-0.15, -0.1) is 0 Å². The minimum Gasteiger partial charge on any atom is -0.453 e. The summed E-state index contributed by atoms with van der Waals surface area (Å²) in [4.78, 5) is 16.3. The van der Waals surface area contributed by atoms with Crippen LogP contribution in [0.4, 0.5) is 23.8 Å². The molecule has 1 aromatic rings. The van der Waals surface area contributed by atoms with Crippen molar-refractivity contribution in [2.24, 2.45) is 0 Å². The van der Waals surface area contributed by atoms with Crippen molar-refractivity contribution in [1.82, 2.24) is 9.88 Å². The molecule has 2 rings (SSSR count). The molecule has 0 aliphatic carbocycles. The van der Waals surface area contributed by atoms with Crippen molar-refractivity contribution in [3.05, 3.63) is 23.9 Å². The molecule has 1 atom stereocenters. The fourth-order valence-electron chi connectivity index (χ4n) is 2.06. The zero-order valence-corrected chi connectivity index (χ0v) is 10.8. The number of nitrogens with one attached hydrogen (secondary N) is 1. The van der Waals surface area contributed by atoms with Crippen LogP contribution in [0.2, 0.25) is 0 Å². The van der Waals surface area contributed by atoms with Crippen LogP contribution in [0.25, 0.3) is 0 Å². The lowest BCUT2D eigenvalue weighted by atomic mass is 10.2. The monoisotopic (exact) mass is 289 g/mol. The summed E-state index contributed by atoms with van der Waals surface area (Å²) in [6, 6.07) is 3.55. The van der Waals surface area contributed by atoms with Gasteiger partial charge in [-0.3, -0.25) is 0 Å². The van der Waals surface area contributed by atoms with Gasteiger partial charge in [0, 0.05) is 19.1 Å². The average molecular weight is 289 g/mol. The quantitative estimate of drug-likeness (QED) is 0.908. The Bertz CT molecular complexity index is 493. The van der Waals surface area contributed by atoms with Crippen LogP contribution in [0.15, 0.2) is 18.2 Å². The molecule has 2 heterocycles. The normalized spacial score (nSPS) is 19.0. The summed E-state index contributed by atoms with van der Waals surface area (Å²) < 4.78 is 42.2. The first-order chi connectivity index (χ1) is 9.40. The molecule has 5 nitrogen and oxygen atoms in total. The van der Waals surface area contributed by atoms with E-state index in [4.69, 9.17) is 0 Å². The Morgan fingerprint density at radius 1 is 1.50 bits per heavy atom. The lowest BCUT2D eigenvalue weighted by Crippen LogP contribution is -2.31. The molecule has 0 saturated carbocycles. The number of ether oxygens (including phenoxy) is 1. The largest absolute Gasteiger partial charge is 0.453 e. The van der Waals surface area contributed by atoms with E-state index >= 15 is 0 Å². The van der Waals surface area contributed by atoms with E-state index in [1.54, 1.807) is 0 Å². The van der Waals surface area contributed by atoms with Gasteiger partial charge in [-0.05, 0) is 18.6 Å². The molecule has 1 saturated heterocycles. The molecule has 0 unspecified atom stereocenters. The molecule has 1 aliphatic rings. The van der Waals surface area contributed by atoms with E-state index in [-0.39, 0.29) is 11.9 Å². The highest BCUT2D eigenvalue weighted by molar-refractivity contribution is 5.68. The highest BCUT2D eigenvalue weighted by atomic mass is 19.4. The lowest BCUT2D eigenvalue weighted by molar-refractivity contribution is -0.141. The van der Waals surface area contributed by atoms with Gasteiger partial charge in [0.15, 0.2) is 0 Å². The number of aromatic nitrogens is 1. The second kappa shape index (κ2) is 5.56. The van der Waals surface area contributed by atoms with Crippen LogP contribution in [0.1, 0.15) is 12.1 Å². The Hall–Kier alpha value is -1.99. The van der Waals surface area contributed by atoms with Gasteiger partial charge >= 0.3 is 12.3 Å². The number of carbonyl (C=O) groups excluding carboxylic acids is 1. The van der Waals surface area contributed by atoms with Gasteiger partial charge < -0.3 is 15.0 Å². The van der Waals surface area contributed by atoms with Gasteiger partial charge in [-0.25, -0.2) is 9.78 Å². The maximum absolute atomic E-state index is 12.5. The van der Waals surface area contributed by atoms with E-state index in [1.807, 2.05) is 0 Å². The van der Waals surface area contributed by atoms with Gasteiger partial charge in [-0.2, -0.15) is 13.2 Å². The molecule has 20 heavy (non-hydrogen) atoms. The van der Waals surface area contributed by atoms with Crippen molar-refractivity contribution in [1.29, 1.82) is 0 Å². The molecular weight excluding hydrogens is 275 g/mol. The van der Waals surface area contributed by atoms with Gasteiger partial charge in [-0.1, -0.05) is 6.07 Å². The zero-order valence-electron chi connectivity index (χ0n) is 10.8. The second-order valence-corrected chi connectivity index (χ2v) is 4.45. The van der Waals surface area contributed by atoms with E-state index in [0.717, 1.165) is 6.07 Å². The first-order valence-corrected chi connectivity index (χ1v) is 6.04. The minimum absolute atomic E-state index is 0.134. The van der Waals surface area contributed by atoms with Crippen molar-refractivity contribution in [3.63, 3.8) is 0 Å². The molecular formula is C12H14F3N3O2. The summed E-state index contributed by atoms with van der Waals surface area (Å²) in [6.45, 7) is 0.883. The Morgan fingerprint density at radius 2 is 2.25 bits per heavy atom. The van der Waals surface area contributed by atoms with E-state index in [9.17, 15) is 18.0 Å². The Labute approximate surface area is 113 Å². The number of hydrogen-bond acceptors (Lipinski definition) is 4. The van der Waals surface area contributed by atoms with Crippen molar-refractivity contribution in [2.75, 3.05) is 25.5 Å². The summed E-state index contributed by atoms with van der Waals surface area (Å²) in [5.74, 6) is 0.150. The minimum atomic E-state index is -4.47. The molecule has 0 spiro atoms. The molecule has 1 aromatic heterocycles. The molecule has 1 aliphatic heterocycles. The summed E-state index contributed by atoms with van der Waals surface area (Å²) in [5.41, 5.74) is -0.940. The highest BCUT2D eigenvalue weighted by Gasteiger charge is 2.33. The first-order valence-electron chi connectivity index (χ1n) is 6.04. The Morgan fingerprint density at radius 3 is 2.90 bits per heavy atom. The topological polar surface area (TPSA) is 54.5 Å². The van der Waals surface area contributed by atoms with Crippen LogP contribution in [0.3, 0.4) is 0 Å². The molecule has 8 heteroatoms. The summed E-state index contributed by atoms with van der Waals surface area (Å²) in [6.07, 6.45) is -4.27. The smallest absolute Gasteiger partial charge is 0.433 e. The third kappa shape index (κ3) is 3.31. The fraction of sp³-hybridized carbons (Fsp3) is 0.500. The molecule has 110 valence electrons. The summed E-state index contributed by atoms with van der Waals surface area (Å²) in [5, 5.41) is 2.90. The van der Waals surface area contributed by atoms with E-state index in [0.29, 0.717) is 19.5 Å². The Balaban J connectivity index is 2.00. The number of rotatable bonds is 2. The predicted molar refractivity (Wildman–Crippen MR) is 65.2 cm³/mol. The first kappa shape index (κ1) is 14.4. The van der Waals surface area contributed by atoms with Crippen LogP contribution in [0.5, 0.6) is 0 Å². The molecule has 0 radical (unpaired) electrons. The number of alkyl halides is 3. The second-order valence-electron chi connectivity index (χ2n) is 4.45. The standard InChI is InChI=1S/C12H14F3N3O2/c1-20-11(19)18-6-5-8(7-18)16-10-4-2-3-9(17-10)12(13,14)15/h2-4,8H,5-7H2,1H3,(H,16,17)/t8-/m1/s1. The molecule has 1 N–H and O–H groups in total. The number of carbonyl (C=O) groups is 1. The van der Waals surface area contributed by atoms with Crippen LogP contribution < -0.4 is 5.32 Å².